The highest BCUT2D eigenvalue weighted by Crippen LogP contribution is 2.23. The molecule has 2 aromatic heterocycles. The van der Waals surface area contributed by atoms with Crippen LogP contribution in [0.1, 0.15) is 5.69 Å². The molecule has 0 amide bonds. The number of hydrogen-bond acceptors (Lipinski definition) is 6. The van der Waals surface area contributed by atoms with Crippen LogP contribution in [0.3, 0.4) is 0 Å². The third kappa shape index (κ3) is 2.51. The van der Waals surface area contributed by atoms with Crippen molar-refractivity contribution in [2.75, 3.05) is 36.0 Å². The van der Waals surface area contributed by atoms with Crippen LogP contribution in [0, 0.1) is 11.3 Å². The van der Waals surface area contributed by atoms with Gasteiger partial charge in [-0.3, -0.25) is 0 Å². The Balaban J connectivity index is 1.65. The Morgan fingerprint density at radius 3 is 2.42 bits per heavy atom. The van der Waals surface area contributed by atoms with Crippen molar-refractivity contribution in [3.63, 3.8) is 0 Å². The van der Waals surface area contributed by atoms with Gasteiger partial charge in [-0.05, 0) is 29.6 Å². The Morgan fingerprint density at radius 1 is 1.05 bits per heavy atom. The topological polar surface area (TPSA) is 56.1 Å². The van der Waals surface area contributed by atoms with Gasteiger partial charge in [0.1, 0.15) is 6.07 Å². The van der Waals surface area contributed by atoms with E-state index in [1.807, 2.05) is 12.1 Å². The molecule has 6 heteroatoms. The molecule has 1 fully saturated rings. The van der Waals surface area contributed by atoms with Crippen molar-refractivity contribution in [2.45, 2.75) is 0 Å². The molecule has 0 atom stereocenters. The molecule has 0 unspecified atom stereocenters. The molecule has 19 heavy (non-hydrogen) atoms. The van der Waals surface area contributed by atoms with Gasteiger partial charge < -0.3 is 9.80 Å². The highest BCUT2D eigenvalue weighted by Gasteiger charge is 2.18. The number of rotatable bonds is 2. The van der Waals surface area contributed by atoms with E-state index in [4.69, 9.17) is 5.26 Å². The van der Waals surface area contributed by atoms with Gasteiger partial charge in [0.15, 0.2) is 11.5 Å². The van der Waals surface area contributed by atoms with Crippen LogP contribution in [0.15, 0.2) is 29.6 Å². The van der Waals surface area contributed by atoms with Crippen molar-refractivity contribution >= 4 is 22.2 Å². The molecule has 0 saturated carbocycles. The van der Waals surface area contributed by atoms with E-state index in [1.165, 1.54) is 5.00 Å². The quantitative estimate of drug-likeness (QED) is 0.832. The molecule has 0 spiro atoms. The van der Waals surface area contributed by atoms with Gasteiger partial charge in [0.25, 0.3) is 0 Å². The maximum atomic E-state index is 8.71. The lowest BCUT2D eigenvalue weighted by atomic mass is 10.3. The van der Waals surface area contributed by atoms with E-state index in [1.54, 1.807) is 17.4 Å². The predicted octanol–water partition coefficient (Wildman–Crippen LogP) is 1.74. The average molecular weight is 271 g/mol. The van der Waals surface area contributed by atoms with Crippen LogP contribution in [0.2, 0.25) is 0 Å². The van der Waals surface area contributed by atoms with Crippen molar-refractivity contribution in [1.29, 1.82) is 5.26 Å². The molecule has 1 saturated heterocycles. The lowest BCUT2D eigenvalue weighted by Gasteiger charge is -2.35. The highest BCUT2D eigenvalue weighted by molar-refractivity contribution is 7.14. The summed E-state index contributed by atoms with van der Waals surface area (Å²) in [5, 5.41) is 20.1. The lowest BCUT2D eigenvalue weighted by molar-refractivity contribution is 0.646. The number of nitrogens with zero attached hydrogens (tertiary/aromatic N) is 5. The van der Waals surface area contributed by atoms with Crippen LogP contribution in [0.25, 0.3) is 0 Å². The zero-order valence-electron chi connectivity index (χ0n) is 10.4. The Bertz CT molecular complexity index is 564. The molecule has 96 valence electrons. The van der Waals surface area contributed by atoms with E-state index in [0.29, 0.717) is 5.69 Å². The van der Waals surface area contributed by atoms with Crippen LogP contribution in [-0.4, -0.2) is 36.4 Å². The molecule has 0 aliphatic carbocycles. The summed E-state index contributed by atoms with van der Waals surface area (Å²) in [5.41, 5.74) is 0.362. The Labute approximate surface area is 115 Å². The Hall–Kier alpha value is -2.13. The number of anilines is 2. The molecule has 2 aromatic rings. The first kappa shape index (κ1) is 11.9. The number of aromatic nitrogens is 2. The highest BCUT2D eigenvalue weighted by atomic mass is 32.1. The summed E-state index contributed by atoms with van der Waals surface area (Å²) < 4.78 is 0. The second kappa shape index (κ2) is 5.24. The van der Waals surface area contributed by atoms with Gasteiger partial charge >= 0.3 is 0 Å². The van der Waals surface area contributed by atoms with E-state index in [-0.39, 0.29) is 0 Å². The third-order valence-electron chi connectivity index (χ3n) is 3.19. The van der Waals surface area contributed by atoms with Gasteiger partial charge in [-0.2, -0.15) is 5.26 Å². The summed E-state index contributed by atoms with van der Waals surface area (Å²) in [5.74, 6) is 0.852. The zero-order chi connectivity index (χ0) is 13.1. The van der Waals surface area contributed by atoms with E-state index in [9.17, 15) is 0 Å². The summed E-state index contributed by atoms with van der Waals surface area (Å²) in [6.45, 7) is 3.83. The molecule has 1 aliphatic rings. The number of piperazine rings is 1. The van der Waals surface area contributed by atoms with Crippen LogP contribution >= 0.6 is 11.3 Å². The molecule has 0 radical (unpaired) electrons. The van der Waals surface area contributed by atoms with E-state index in [0.717, 1.165) is 32.0 Å². The minimum absolute atomic E-state index is 0.362. The smallest absolute Gasteiger partial charge is 0.163 e. The first-order chi connectivity index (χ1) is 9.36. The van der Waals surface area contributed by atoms with Gasteiger partial charge in [-0.25, -0.2) is 0 Å². The molecule has 0 bridgehead atoms. The molecule has 1 aliphatic heterocycles. The Morgan fingerprint density at radius 2 is 1.84 bits per heavy atom. The number of hydrogen-bond donors (Lipinski definition) is 0. The van der Waals surface area contributed by atoms with Crippen molar-refractivity contribution in [3.8, 4) is 6.07 Å². The van der Waals surface area contributed by atoms with Gasteiger partial charge in [-0.1, -0.05) is 0 Å². The van der Waals surface area contributed by atoms with Crippen LogP contribution in [0.4, 0.5) is 10.8 Å². The maximum Gasteiger partial charge on any atom is 0.163 e. The SMILES string of the molecule is N#Cc1ccc(N2CCN(c3cccs3)CC2)nn1. The average Bonchev–Trinajstić information content (AvgIpc) is 3.02. The van der Waals surface area contributed by atoms with Crippen molar-refractivity contribution in [1.82, 2.24) is 10.2 Å². The van der Waals surface area contributed by atoms with E-state index < -0.39 is 0 Å². The summed E-state index contributed by atoms with van der Waals surface area (Å²) in [7, 11) is 0. The first-order valence-electron chi connectivity index (χ1n) is 6.14. The molecule has 0 aromatic carbocycles. The van der Waals surface area contributed by atoms with Crippen molar-refractivity contribution in [3.05, 3.63) is 35.3 Å². The summed E-state index contributed by atoms with van der Waals surface area (Å²) in [6.07, 6.45) is 0. The van der Waals surface area contributed by atoms with E-state index >= 15 is 0 Å². The van der Waals surface area contributed by atoms with Gasteiger partial charge in [0.05, 0.1) is 5.00 Å². The number of nitriles is 1. The third-order valence-corrected chi connectivity index (χ3v) is 4.12. The fourth-order valence-electron chi connectivity index (χ4n) is 2.16. The largest absolute Gasteiger partial charge is 0.360 e. The lowest BCUT2D eigenvalue weighted by Crippen LogP contribution is -2.46. The minimum atomic E-state index is 0.362. The van der Waals surface area contributed by atoms with Crippen LogP contribution in [0.5, 0.6) is 0 Å². The molecular formula is C13H13N5S. The van der Waals surface area contributed by atoms with Crippen LogP contribution in [-0.2, 0) is 0 Å². The van der Waals surface area contributed by atoms with Crippen molar-refractivity contribution < 1.29 is 0 Å². The fourth-order valence-corrected chi connectivity index (χ4v) is 2.94. The van der Waals surface area contributed by atoms with E-state index in [2.05, 4.69) is 37.5 Å². The predicted molar refractivity (Wildman–Crippen MR) is 75.5 cm³/mol. The number of thiophene rings is 1. The second-order valence-electron chi connectivity index (χ2n) is 4.31. The second-order valence-corrected chi connectivity index (χ2v) is 5.24. The maximum absolute atomic E-state index is 8.71. The minimum Gasteiger partial charge on any atom is -0.360 e. The fraction of sp³-hybridized carbons (Fsp3) is 0.308. The molecule has 3 rings (SSSR count). The molecular weight excluding hydrogens is 258 g/mol. The monoisotopic (exact) mass is 271 g/mol. The Kier molecular flexibility index (Phi) is 3.29. The molecule has 3 heterocycles. The summed E-state index contributed by atoms with van der Waals surface area (Å²) in [4.78, 5) is 4.59. The van der Waals surface area contributed by atoms with Gasteiger partial charge in [-0.15, -0.1) is 21.5 Å². The standard InChI is InChI=1S/C13H13N5S/c14-10-11-3-4-12(16-15-11)17-5-7-18(8-6-17)13-2-1-9-19-13/h1-4,9H,5-8H2. The summed E-state index contributed by atoms with van der Waals surface area (Å²) >= 11 is 1.77. The van der Waals surface area contributed by atoms with Crippen molar-refractivity contribution in [2.24, 2.45) is 0 Å². The normalized spacial score (nSPS) is 15.3. The molecule has 5 nitrogen and oxygen atoms in total. The zero-order valence-corrected chi connectivity index (χ0v) is 11.2. The molecule has 0 N–H and O–H groups in total. The summed E-state index contributed by atoms with van der Waals surface area (Å²) in [6, 6.07) is 9.80. The van der Waals surface area contributed by atoms with Crippen LogP contribution < -0.4 is 9.80 Å². The van der Waals surface area contributed by atoms with Gasteiger partial charge in [0.2, 0.25) is 0 Å². The van der Waals surface area contributed by atoms with Gasteiger partial charge in [0, 0.05) is 26.2 Å². The first-order valence-corrected chi connectivity index (χ1v) is 7.02.